The van der Waals surface area contributed by atoms with Crippen LogP contribution in [0.4, 0.5) is 5.69 Å². The fourth-order valence-corrected chi connectivity index (χ4v) is 6.93. The summed E-state index contributed by atoms with van der Waals surface area (Å²) in [5, 5.41) is 1.91. The Morgan fingerprint density at radius 2 is 1.76 bits per heavy atom. The number of carbonyl (C=O) groups excluding carboxylic acids is 2. The van der Waals surface area contributed by atoms with Gasteiger partial charge in [0.05, 0.1) is 29.1 Å². The van der Waals surface area contributed by atoms with E-state index in [1.54, 1.807) is 16.4 Å². The number of rotatable bonds is 5. The van der Waals surface area contributed by atoms with Crippen molar-refractivity contribution in [1.29, 1.82) is 0 Å². The Morgan fingerprint density at radius 3 is 2.47 bits per heavy atom. The van der Waals surface area contributed by atoms with Gasteiger partial charge in [-0.3, -0.25) is 14.2 Å². The first-order valence-electron chi connectivity index (χ1n) is 12.3. The number of amides is 1. The molecule has 4 heterocycles. The summed E-state index contributed by atoms with van der Waals surface area (Å²) in [5.41, 5.74) is 3.05. The summed E-state index contributed by atoms with van der Waals surface area (Å²) in [6.07, 6.45) is 0. The summed E-state index contributed by atoms with van der Waals surface area (Å²) < 4.78 is 7.34. The molecule has 0 fully saturated rings. The lowest BCUT2D eigenvalue weighted by Crippen LogP contribution is -2.40. The Labute approximate surface area is 226 Å². The first kappa shape index (κ1) is 24.3. The van der Waals surface area contributed by atoms with Gasteiger partial charge in [-0.25, -0.2) is 9.79 Å². The molecule has 0 N–H and O–H groups in total. The average molecular weight is 542 g/mol. The number of thiophene rings is 1. The van der Waals surface area contributed by atoms with Crippen LogP contribution in [-0.2, 0) is 14.3 Å². The number of likely N-dealkylation sites (N-methyl/N-ethyl adjacent to an activating group) is 1. The fourth-order valence-electron chi connectivity index (χ4n) is 5.02. The minimum absolute atomic E-state index is 0.189. The van der Waals surface area contributed by atoms with Crippen molar-refractivity contribution in [2.45, 2.75) is 19.9 Å². The van der Waals surface area contributed by atoms with E-state index in [-0.39, 0.29) is 18.1 Å². The number of hydrogen-bond donors (Lipinski definition) is 0. The van der Waals surface area contributed by atoms with E-state index in [9.17, 15) is 14.4 Å². The molecule has 7 nitrogen and oxygen atoms in total. The quantitative estimate of drug-likeness (QED) is 0.361. The van der Waals surface area contributed by atoms with Crippen molar-refractivity contribution >= 4 is 51.5 Å². The number of hydrogen-bond acceptors (Lipinski definition) is 7. The maximum atomic E-state index is 14.2. The number of carbonyl (C=O) groups is 2. The van der Waals surface area contributed by atoms with Crippen molar-refractivity contribution in [3.05, 3.63) is 113 Å². The van der Waals surface area contributed by atoms with Gasteiger partial charge >= 0.3 is 5.97 Å². The van der Waals surface area contributed by atoms with Gasteiger partial charge in [-0.15, -0.1) is 11.3 Å². The highest BCUT2D eigenvalue weighted by Crippen LogP contribution is 2.38. The molecule has 4 aromatic rings. The minimum atomic E-state index is -0.733. The first-order chi connectivity index (χ1) is 18.5. The maximum absolute atomic E-state index is 14.2. The fraction of sp³-hybridized carbons (Fsp3) is 0.172. The topological polar surface area (TPSA) is 81.0 Å². The smallest absolute Gasteiger partial charge is 0.338 e. The van der Waals surface area contributed by atoms with Crippen molar-refractivity contribution in [3.8, 4) is 0 Å². The van der Waals surface area contributed by atoms with Gasteiger partial charge in [0.15, 0.2) is 4.80 Å². The Morgan fingerprint density at radius 1 is 1.00 bits per heavy atom. The van der Waals surface area contributed by atoms with E-state index in [2.05, 4.69) is 0 Å². The number of nitrogens with zero attached hydrogens (tertiary/aromatic N) is 3. The van der Waals surface area contributed by atoms with E-state index >= 15 is 0 Å². The number of fused-ring (bicyclic) bond motifs is 2. The average Bonchev–Trinajstić information content (AvgIpc) is 3.65. The third-order valence-corrected chi connectivity index (χ3v) is 8.61. The molecule has 6 rings (SSSR count). The van der Waals surface area contributed by atoms with Crippen LogP contribution in [0.3, 0.4) is 0 Å². The maximum Gasteiger partial charge on any atom is 0.338 e. The zero-order valence-corrected chi connectivity index (χ0v) is 22.3. The predicted molar refractivity (Wildman–Crippen MR) is 149 cm³/mol. The standard InChI is InChI=1S/C29H23N3O4S2/c1-3-31-19-14-9-8-13-18(19)21(26(31)33)25-27(34)32-24(20-15-10-16-37-20)22(28(35)36-4-2)23(30-29(32)38-25)17-11-6-5-7-12-17/h5-16,24H,3-4H2,1-2H3/b25-21+/t24-/m1/s1. The molecule has 1 atom stereocenters. The summed E-state index contributed by atoms with van der Waals surface area (Å²) >= 11 is 2.64. The van der Waals surface area contributed by atoms with E-state index in [1.165, 1.54) is 22.7 Å². The van der Waals surface area contributed by atoms with Gasteiger partial charge in [0, 0.05) is 22.5 Å². The van der Waals surface area contributed by atoms with Gasteiger partial charge in [-0.1, -0.05) is 65.9 Å². The van der Waals surface area contributed by atoms with Gasteiger partial charge in [-0.2, -0.15) is 0 Å². The molecule has 0 spiro atoms. The highest BCUT2D eigenvalue weighted by atomic mass is 32.1. The molecule has 2 aliphatic heterocycles. The van der Waals surface area contributed by atoms with Crippen molar-refractivity contribution in [3.63, 3.8) is 0 Å². The number of thiazole rings is 1. The first-order valence-corrected chi connectivity index (χ1v) is 14.0. The Kier molecular flexibility index (Phi) is 6.17. The summed E-state index contributed by atoms with van der Waals surface area (Å²) in [4.78, 5) is 49.0. The van der Waals surface area contributed by atoms with E-state index in [0.29, 0.717) is 32.7 Å². The molecule has 9 heteroatoms. The number of benzene rings is 2. The molecule has 2 aromatic heterocycles. The highest BCUT2D eigenvalue weighted by Gasteiger charge is 2.38. The molecule has 190 valence electrons. The van der Waals surface area contributed by atoms with Crippen LogP contribution in [-0.4, -0.2) is 29.6 Å². The molecule has 0 saturated heterocycles. The molecular formula is C29H23N3O4S2. The second-order valence-electron chi connectivity index (χ2n) is 8.71. The zero-order valence-electron chi connectivity index (χ0n) is 20.7. The lowest BCUT2D eigenvalue weighted by Gasteiger charge is -2.24. The Bertz CT molecular complexity index is 1780. The summed E-state index contributed by atoms with van der Waals surface area (Å²) in [6.45, 7) is 4.34. The molecule has 0 bridgehead atoms. The summed E-state index contributed by atoms with van der Waals surface area (Å²) in [7, 11) is 0. The van der Waals surface area contributed by atoms with Crippen molar-refractivity contribution in [1.82, 2.24) is 4.57 Å². The number of ether oxygens (including phenoxy) is 1. The van der Waals surface area contributed by atoms with E-state index in [1.807, 2.05) is 79.0 Å². The number of aromatic nitrogens is 1. The van der Waals surface area contributed by atoms with E-state index in [0.717, 1.165) is 21.7 Å². The van der Waals surface area contributed by atoms with Gasteiger partial charge in [0.2, 0.25) is 0 Å². The summed E-state index contributed by atoms with van der Waals surface area (Å²) in [6, 6.07) is 20.0. The molecule has 2 aromatic carbocycles. The second-order valence-corrected chi connectivity index (χ2v) is 10.7. The van der Waals surface area contributed by atoms with Crippen LogP contribution in [0, 0.1) is 0 Å². The molecule has 38 heavy (non-hydrogen) atoms. The Balaban J connectivity index is 1.71. The third kappa shape index (κ3) is 3.69. The largest absolute Gasteiger partial charge is 0.463 e. The van der Waals surface area contributed by atoms with Crippen molar-refractivity contribution in [2.24, 2.45) is 4.99 Å². The Hall–Kier alpha value is -4.08. The number of anilines is 1. The van der Waals surface area contributed by atoms with Crippen LogP contribution in [0.25, 0.3) is 11.3 Å². The minimum Gasteiger partial charge on any atom is -0.463 e. The van der Waals surface area contributed by atoms with Crippen LogP contribution in [0.2, 0.25) is 0 Å². The lowest BCUT2D eigenvalue weighted by molar-refractivity contribution is -0.138. The molecule has 1 amide bonds. The highest BCUT2D eigenvalue weighted by molar-refractivity contribution is 7.10. The van der Waals surface area contributed by atoms with E-state index in [4.69, 9.17) is 9.73 Å². The zero-order chi connectivity index (χ0) is 26.4. The normalized spacial score (nSPS) is 17.8. The van der Waals surface area contributed by atoms with Crippen LogP contribution >= 0.6 is 22.7 Å². The summed E-state index contributed by atoms with van der Waals surface area (Å²) in [5.74, 6) is -0.731. The predicted octanol–water partition coefficient (Wildman–Crippen LogP) is 3.73. The van der Waals surface area contributed by atoms with Gasteiger partial charge in [0.1, 0.15) is 10.6 Å². The van der Waals surface area contributed by atoms with Gasteiger partial charge in [0.25, 0.3) is 11.5 Å². The lowest BCUT2D eigenvalue weighted by atomic mass is 9.97. The van der Waals surface area contributed by atoms with Crippen LogP contribution in [0.1, 0.15) is 35.9 Å². The molecule has 0 radical (unpaired) electrons. The van der Waals surface area contributed by atoms with Crippen LogP contribution < -0.4 is 19.8 Å². The monoisotopic (exact) mass is 541 g/mol. The molecule has 2 aliphatic rings. The number of esters is 1. The van der Waals surface area contributed by atoms with Crippen molar-refractivity contribution in [2.75, 3.05) is 18.1 Å². The molecule has 0 saturated carbocycles. The number of para-hydroxylation sites is 1. The van der Waals surface area contributed by atoms with Gasteiger partial charge < -0.3 is 9.64 Å². The SMILES string of the molecule is CCOC(=O)C1=C(c2ccccc2)N=c2s/c(=C3/C(=O)N(CC)c4ccccc43)c(=O)n2[C@@H]1c1cccs1. The van der Waals surface area contributed by atoms with Crippen LogP contribution in [0.15, 0.2) is 87.5 Å². The van der Waals surface area contributed by atoms with Gasteiger partial charge in [-0.05, 0) is 31.4 Å². The third-order valence-electron chi connectivity index (χ3n) is 6.63. The molecule has 0 aliphatic carbocycles. The molecular weight excluding hydrogens is 518 g/mol. The second kappa shape index (κ2) is 9.66. The van der Waals surface area contributed by atoms with Crippen LogP contribution in [0.5, 0.6) is 0 Å². The molecule has 0 unspecified atom stereocenters. The van der Waals surface area contributed by atoms with Crippen molar-refractivity contribution < 1.29 is 14.3 Å². The van der Waals surface area contributed by atoms with E-state index < -0.39 is 12.0 Å².